The van der Waals surface area contributed by atoms with Crippen LogP contribution in [0.25, 0.3) is 0 Å². The van der Waals surface area contributed by atoms with E-state index in [1.165, 1.54) is 7.11 Å². The first-order valence-corrected chi connectivity index (χ1v) is 7.01. The molecular weight excluding hydrogens is 304 g/mol. The molecule has 2 heterocycles. The average Bonchev–Trinajstić information content (AvgIpc) is 3.09. The van der Waals surface area contributed by atoms with Gasteiger partial charge in [0.25, 0.3) is 5.91 Å². The lowest BCUT2D eigenvalue weighted by molar-refractivity contribution is -0.136. The summed E-state index contributed by atoms with van der Waals surface area (Å²) >= 11 is 0. The number of oxime groups is 1. The van der Waals surface area contributed by atoms with Gasteiger partial charge in [0.05, 0.1) is 19.4 Å². The number of ether oxygens (including phenoxy) is 2. The molecule has 2 amide bonds. The van der Waals surface area contributed by atoms with Crippen LogP contribution in [-0.2, 0) is 24.0 Å². The Morgan fingerprint density at radius 1 is 1.26 bits per heavy atom. The first-order chi connectivity index (χ1) is 11.1. The fourth-order valence-corrected chi connectivity index (χ4v) is 2.54. The molecule has 8 heteroatoms. The molecule has 2 aliphatic heterocycles. The van der Waals surface area contributed by atoms with E-state index in [0.29, 0.717) is 11.4 Å². The van der Waals surface area contributed by atoms with Crippen molar-refractivity contribution >= 4 is 29.2 Å². The second-order valence-corrected chi connectivity index (χ2v) is 4.91. The molecule has 3 rings (SSSR count). The van der Waals surface area contributed by atoms with Gasteiger partial charge < -0.3 is 14.3 Å². The predicted molar refractivity (Wildman–Crippen MR) is 77.9 cm³/mol. The van der Waals surface area contributed by atoms with E-state index >= 15 is 0 Å². The second-order valence-electron chi connectivity index (χ2n) is 4.91. The van der Waals surface area contributed by atoms with Crippen LogP contribution in [0.3, 0.4) is 0 Å². The summed E-state index contributed by atoms with van der Waals surface area (Å²) < 4.78 is 9.88. The standard InChI is InChI=1S/C15H14N2O6/c1-3-22-15(20)11-10-12(23-16-11)14(19)17(13(10)18)8-4-6-9(21-2)7-5-8/h4-7,10,12H,3H2,1-2H3. The molecule has 1 fully saturated rings. The molecule has 120 valence electrons. The Kier molecular flexibility index (Phi) is 3.73. The molecule has 1 saturated heterocycles. The third kappa shape index (κ3) is 2.32. The molecule has 1 aromatic carbocycles. The number of hydrogen-bond donors (Lipinski definition) is 0. The summed E-state index contributed by atoms with van der Waals surface area (Å²) in [7, 11) is 1.52. The first-order valence-electron chi connectivity index (χ1n) is 7.01. The quantitative estimate of drug-likeness (QED) is 0.593. The molecular formula is C15H14N2O6. The fourth-order valence-electron chi connectivity index (χ4n) is 2.54. The van der Waals surface area contributed by atoms with Crippen molar-refractivity contribution in [3.63, 3.8) is 0 Å². The summed E-state index contributed by atoms with van der Waals surface area (Å²) in [6, 6.07) is 6.42. The number of hydrogen-bond acceptors (Lipinski definition) is 7. The third-order valence-corrected chi connectivity index (χ3v) is 3.63. The van der Waals surface area contributed by atoms with Crippen LogP contribution in [0.4, 0.5) is 5.69 Å². The van der Waals surface area contributed by atoms with Crippen molar-refractivity contribution in [3.8, 4) is 5.75 Å². The van der Waals surface area contributed by atoms with Gasteiger partial charge in [-0.2, -0.15) is 0 Å². The zero-order valence-corrected chi connectivity index (χ0v) is 12.5. The lowest BCUT2D eigenvalue weighted by atomic mass is 10.00. The summed E-state index contributed by atoms with van der Waals surface area (Å²) in [6.07, 6.45) is -1.12. The number of nitrogens with zero attached hydrogens (tertiary/aromatic N) is 2. The number of methoxy groups -OCH3 is 1. The van der Waals surface area contributed by atoms with Gasteiger partial charge in [-0.25, -0.2) is 9.69 Å². The minimum atomic E-state index is -1.12. The van der Waals surface area contributed by atoms with E-state index in [2.05, 4.69) is 5.16 Å². The highest BCUT2D eigenvalue weighted by atomic mass is 16.7. The highest BCUT2D eigenvalue weighted by Gasteiger charge is 2.58. The van der Waals surface area contributed by atoms with E-state index in [0.717, 1.165) is 4.90 Å². The monoisotopic (exact) mass is 318 g/mol. The smallest absolute Gasteiger partial charge is 0.357 e. The number of rotatable bonds is 4. The van der Waals surface area contributed by atoms with Crippen molar-refractivity contribution in [2.75, 3.05) is 18.6 Å². The molecule has 2 atom stereocenters. The van der Waals surface area contributed by atoms with Crippen LogP contribution in [0.1, 0.15) is 6.92 Å². The molecule has 0 N–H and O–H groups in total. The maximum Gasteiger partial charge on any atom is 0.357 e. The van der Waals surface area contributed by atoms with Gasteiger partial charge in [0.1, 0.15) is 11.7 Å². The van der Waals surface area contributed by atoms with E-state index < -0.39 is 29.8 Å². The van der Waals surface area contributed by atoms with E-state index in [1.54, 1.807) is 31.2 Å². The summed E-state index contributed by atoms with van der Waals surface area (Å²) in [5.74, 6) is -2.35. The lowest BCUT2D eigenvalue weighted by Gasteiger charge is -2.15. The van der Waals surface area contributed by atoms with Crippen LogP contribution in [0.5, 0.6) is 5.75 Å². The zero-order chi connectivity index (χ0) is 16.6. The van der Waals surface area contributed by atoms with Crippen LogP contribution < -0.4 is 9.64 Å². The van der Waals surface area contributed by atoms with Gasteiger partial charge in [0, 0.05) is 0 Å². The molecule has 2 unspecified atom stereocenters. The van der Waals surface area contributed by atoms with E-state index in [1.807, 2.05) is 0 Å². The Balaban J connectivity index is 1.88. The summed E-state index contributed by atoms with van der Waals surface area (Å²) in [4.78, 5) is 42.8. The topological polar surface area (TPSA) is 94.5 Å². The minimum Gasteiger partial charge on any atom is -0.497 e. The van der Waals surface area contributed by atoms with Gasteiger partial charge in [-0.05, 0) is 31.2 Å². The lowest BCUT2D eigenvalue weighted by Crippen LogP contribution is -2.34. The summed E-state index contributed by atoms with van der Waals surface area (Å²) in [6.45, 7) is 1.77. The summed E-state index contributed by atoms with van der Waals surface area (Å²) in [5, 5.41) is 3.55. The Bertz CT molecular complexity index is 696. The van der Waals surface area contributed by atoms with Gasteiger partial charge in [-0.1, -0.05) is 5.16 Å². The molecule has 0 aromatic heterocycles. The number of carbonyl (C=O) groups is 3. The third-order valence-electron chi connectivity index (χ3n) is 3.63. The molecule has 2 aliphatic rings. The number of esters is 1. The Hall–Kier alpha value is -2.90. The number of amides is 2. The first kappa shape index (κ1) is 15.0. The van der Waals surface area contributed by atoms with Gasteiger partial charge in [0.15, 0.2) is 5.71 Å². The Morgan fingerprint density at radius 2 is 1.96 bits per heavy atom. The van der Waals surface area contributed by atoms with Crippen LogP contribution in [0.15, 0.2) is 29.4 Å². The van der Waals surface area contributed by atoms with Crippen molar-refractivity contribution in [1.29, 1.82) is 0 Å². The molecule has 0 spiro atoms. The van der Waals surface area contributed by atoms with Crippen molar-refractivity contribution in [2.45, 2.75) is 13.0 Å². The summed E-state index contributed by atoms with van der Waals surface area (Å²) in [5.41, 5.74) is 0.202. The molecule has 0 radical (unpaired) electrons. The van der Waals surface area contributed by atoms with Gasteiger partial charge in [0.2, 0.25) is 12.0 Å². The Labute approximate surface area is 131 Å². The van der Waals surface area contributed by atoms with E-state index in [-0.39, 0.29) is 12.3 Å². The van der Waals surface area contributed by atoms with Crippen LogP contribution in [0.2, 0.25) is 0 Å². The normalized spacial score (nSPS) is 22.5. The average molecular weight is 318 g/mol. The number of carbonyl (C=O) groups excluding carboxylic acids is 3. The molecule has 23 heavy (non-hydrogen) atoms. The molecule has 0 bridgehead atoms. The van der Waals surface area contributed by atoms with Crippen LogP contribution in [0, 0.1) is 5.92 Å². The van der Waals surface area contributed by atoms with Crippen molar-refractivity contribution < 1.29 is 28.7 Å². The molecule has 0 saturated carbocycles. The fraction of sp³-hybridized carbons (Fsp3) is 0.333. The maximum absolute atomic E-state index is 12.6. The number of anilines is 1. The van der Waals surface area contributed by atoms with Crippen molar-refractivity contribution in [3.05, 3.63) is 24.3 Å². The number of fused-ring (bicyclic) bond motifs is 1. The van der Waals surface area contributed by atoms with Gasteiger partial charge in [-0.3, -0.25) is 9.59 Å². The number of benzene rings is 1. The highest BCUT2D eigenvalue weighted by Crippen LogP contribution is 2.34. The largest absolute Gasteiger partial charge is 0.497 e. The maximum atomic E-state index is 12.6. The second kappa shape index (κ2) is 5.71. The zero-order valence-electron chi connectivity index (χ0n) is 12.5. The Morgan fingerprint density at radius 3 is 2.57 bits per heavy atom. The van der Waals surface area contributed by atoms with E-state index in [9.17, 15) is 14.4 Å². The van der Waals surface area contributed by atoms with Gasteiger partial charge >= 0.3 is 5.97 Å². The van der Waals surface area contributed by atoms with E-state index in [4.69, 9.17) is 14.3 Å². The SMILES string of the molecule is CCOC(=O)C1=NOC2C(=O)N(c3ccc(OC)cc3)C(=O)C12. The van der Waals surface area contributed by atoms with Gasteiger partial charge in [-0.15, -0.1) is 0 Å². The minimum absolute atomic E-state index is 0.138. The van der Waals surface area contributed by atoms with Crippen molar-refractivity contribution in [2.24, 2.45) is 11.1 Å². The van der Waals surface area contributed by atoms with Crippen molar-refractivity contribution in [1.82, 2.24) is 0 Å². The molecule has 0 aliphatic carbocycles. The molecule has 1 aromatic rings. The molecule has 8 nitrogen and oxygen atoms in total. The highest BCUT2D eigenvalue weighted by molar-refractivity contribution is 6.46. The number of imide groups is 1. The van der Waals surface area contributed by atoms with Crippen LogP contribution >= 0.6 is 0 Å². The predicted octanol–water partition coefficient (Wildman–Crippen LogP) is 0.502. The van der Waals surface area contributed by atoms with Crippen LogP contribution in [-0.4, -0.2) is 43.3 Å².